The van der Waals surface area contributed by atoms with E-state index in [-0.39, 0.29) is 26.9 Å². The van der Waals surface area contributed by atoms with Gasteiger partial charge in [0.05, 0.1) is 35.4 Å². The molecule has 220 valence electrons. The number of hydrogen-bond donors (Lipinski definition) is 2. The zero-order valence-electron chi connectivity index (χ0n) is 22.9. The fraction of sp³-hybridized carbons (Fsp3) is 0.138. The Hall–Kier alpha value is -4.26. The van der Waals surface area contributed by atoms with Gasteiger partial charge in [0.1, 0.15) is 6.54 Å². The summed E-state index contributed by atoms with van der Waals surface area (Å²) < 4.78 is 67.0. The highest BCUT2D eigenvalue weighted by Crippen LogP contribution is 2.32. The van der Waals surface area contributed by atoms with Crippen molar-refractivity contribution in [2.24, 2.45) is 0 Å². The standard InChI is InChI=1S/C29H28ClN3O7S2/c1-20-9-10-22(17-26(20)30)32-41(35,36)24-13-11-21(12-14-24)31-29(34)19-33(23-7-5-4-6-8-23)42(37,38)25-15-16-27(39-2)28(18-25)40-3/h4-18,32H,19H2,1-3H3,(H,31,34). The van der Waals surface area contributed by atoms with Crippen molar-refractivity contribution in [1.82, 2.24) is 0 Å². The van der Waals surface area contributed by atoms with E-state index in [1.807, 2.05) is 0 Å². The van der Waals surface area contributed by atoms with E-state index in [0.29, 0.717) is 16.5 Å². The number of halogens is 1. The lowest BCUT2D eigenvalue weighted by Crippen LogP contribution is -2.38. The molecule has 0 spiro atoms. The Morgan fingerprint density at radius 3 is 2.02 bits per heavy atom. The lowest BCUT2D eigenvalue weighted by Gasteiger charge is -2.24. The number of carbonyl (C=O) groups excluding carboxylic acids is 1. The topological polar surface area (TPSA) is 131 Å². The molecule has 0 bridgehead atoms. The summed E-state index contributed by atoms with van der Waals surface area (Å²) in [4.78, 5) is 12.9. The third-order valence-corrected chi connectivity index (χ3v) is 9.72. The Balaban J connectivity index is 1.54. The molecule has 0 saturated heterocycles. The largest absolute Gasteiger partial charge is 0.493 e. The van der Waals surface area contributed by atoms with Gasteiger partial charge in [-0.05, 0) is 73.2 Å². The normalized spacial score (nSPS) is 11.4. The zero-order valence-corrected chi connectivity index (χ0v) is 25.3. The van der Waals surface area contributed by atoms with Crippen LogP contribution in [0.5, 0.6) is 11.5 Å². The molecule has 4 aromatic rings. The van der Waals surface area contributed by atoms with Crippen LogP contribution >= 0.6 is 11.6 Å². The van der Waals surface area contributed by atoms with Gasteiger partial charge in [-0.1, -0.05) is 35.9 Å². The van der Waals surface area contributed by atoms with Crippen LogP contribution in [0.3, 0.4) is 0 Å². The number of amides is 1. The van der Waals surface area contributed by atoms with Crippen LogP contribution in [0, 0.1) is 6.92 Å². The molecule has 13 heteroatoms. The maximum Gasteiger partial charge on any atom is 0.264 e. The van der Waals surface area contributed by atoms with Gasteiger partial charge in [0.2, 0.25) is 5.91 Å². The average molecular weight is 630 g/mol. The highest BCUT2D eigenvalue weighted by molar-refractivity contribution is 7.93. The predicted molar refractivity (Wildman–Crippen MR) is 163 cm³/mol. The summed E-state index contributed by atoms with van der Waals surface area (Å²) in [5.41, 5.74) is 1.65. The molecule has 1 amide bonds. The minimum atomic E-state index is -4.22. The maximum absolute atomic E-state index is 13.7. The number of benzene rings is 4. The van der Waals surface area contributed by atoms with Crippen molar-refractivity contribution in [2.75, 3.05) is 35.1 Å². The molecule has 4 rings (SSSR count). The molecule has 0 aliphatic rings. The zero-order chi connectivity index (χ0) is 30.5. The number of hydrogen-bond acceptors (Lipinski definition) is 7. The van der Waals surface area contributed by atoms with Gasteiger partial charge in [0.25, 0.3) is 20.0 Å². The summed E-state index contributed by atoms with van der Waals surface area (Å²) in [5.74, 6) is -0.0826. The van der Waals surface area contributed by atoms with Crippen molar-refractivity contribution in [3.8, 4) is 11.5 Å². The van der Waals surface area contributed by atoms with Crippen molar-refractivity contribution >= 4 is 54.6 Å². The highest BCUT2D eigenvalue weighted by atomic mass is 35.5. The van der Waals surface area contributed by atoms with E-state index in [4.69, 9.17) is 21.1 Å². The molecule has 10 nitrogen and oxygen atoms in total. The summed E-state index contributed by atoms with van der Waals surface area (Å²) in [6.45, 7) is 1.24. The van der Waals surface area contributed by atoms with E-state index in [9.17, 15) is 21.6 Å². The SMILES string of the molecule is COc1ccc(S(=O)(=O)N(CC(=O)Nc2ccc(S(=O)(=O)Nc3ccc(C)c(Cl)c3)cc2)c2ccccc2)cc1OC. The molecule has 42 heavy (non-hydrogen) atoms. The number of sulfonamides is 2. The average Bonchev–Trinajstić information content (AvgIpc) is 2.98. The van der Waals surface area contributed by atoms with Crippen molar-refractivity contribution in [3.05, 3.63) is 102 Å². The molecule has 0 aliphatic carbocycles. The van der Waals surface area contributed by atoms with Gasteiger partial charge in [-0.25, -0.2) is 16.8 Å². The number of carbonyl (C=O) groups is 1. The number of nitrogens with zero attached hydrogens (tertiary/aromatic N) is 1. The first-order valence-corrected chi connectivity index (χ1v) is 15.7. The first kappa shape index (κ1) is 30.7. The Morgan fingerprint density at radius 2 is 1.40 bits per heavy atom. The summed E-state index contributed by atoms with van der Waals surface area (Å²) >= 11 is 6.10. The predicted octanol–water partition coefficient (Wildman–Crippen LogP) is 5.30. The minimum absolute atomic E-state index is 0.0425. The molecule has 0 heterocycles. The molecule has 0 aromatic heterocycles. The molecule has 0 radical (unpaired) electrons. The first-order valence-electron chi connectivity index (χ1n) is 12.4. The third kappa shape index (κ3) is 6.96. The van der Waals surface area contributed by atoms with Crippen LogP contribution in [0.1, 0.15) is 5.56 Å². The van der Waals surface area contributed by atoms with Crippen molar-refractivity contribution in [3.63, 3.8) is 0 Å². The highest BCUT2D eigenvalue weighted by Gasteiger charge is 2.28. The van der Waals surface area contributed by atoms with Gasteiger partial charge < -0.3 is 14.8 Å². The summed E-state index contributed by atoms with van der Waals surface area (Å²) in [5, 5.41) is 3.05. The Morgan fingerprint density at radius 1 is 0.786 bits per heavy atom. The second-order valence-electron chi connectivity index (χ2n) is 9.01. The molecule has 0 atom stereocenters. The molecular formula is C29H28ClN3O7S2. The van der Waals surface area contributed by atoms with Gasteiger partial charge in [-0.3, -0.25) is 13.8 Å². The van der Waals surface area contributed by atoms with E-state index >= 15 is 0 Å². The molecule has 2 N–H and O–H groups in total. The Kier molecular flexibility index (Phi) is 9.30. The van der Waals surface area contributed by atoms with Crippen molar-refractivity contribution in [2.45, 2.75) is 16.7 Å². The van der Waals surface area contributed by atoms with Crippen LogP contribution in [-0.2, 0) is 24.8 Å². The fourth-order valence-corrected chi connectivity index (χ4v) is 6.60. The second kappa shape index (κ2) is 12.7. The Bertz CT molecular complexity index is 1800. The van der Waals surface area contributed by atoms with E-state index in [1.54, 1.807) is 49.4 Å². The molecule has 0 fully saturated rings. The molecule has 4 aromatic carbocycles. The monoisotopic (exact) mass is 629 g/mol. The summed E-state index contributed by atoms with van der Waals surface area (Å²) in [6.07, 6.45) is 0. The third-order valence-electron chi connectivity index (χ3n) is 6.15. The maximum atomic E-state index is 13.7. The van der Waals surface area contributed by atoms with Crippen LogP contribution in [0.25, 0.3) is 0 Å². The summed E-state index contributed by atoms with van der Waals surface area (Å²) in [7, 11) is -5.33. The first-order chi connectivity index (χ1) is 19.9. The number of ether oxygens (including phenoxy) is 2. The number of anilines is 3. The van der Waals surface area contributed by atoms with Crippen LogP contribution in [0.4, 0.5) is 17.1 Å². The van der Waals surface area contributed by atoms with Gasteiger partial charge in [-0.2, -0.15) is 0 Å². The molecule has 0 unspecified atom stereocenters. The molecule has 0 aliphatic heterocycles. The van der Waals surface area contributed by atoms with Gasteiger partial charge >= 0.3 is 0 Å². The quantitative estimate of drug-likeness (QED) is 0.230. The molecular weight excluding hydrogens is 602 g/mol. The number of aryl methyl sites for hydroxylation is 1. The minimum Gasteiger partial charge on any atom is -0.493 e. The smallest absolute Gasteiger partial charge is 0.264 e. The van der Waals surface area contributed by atoms with E-state index in [0.717, 1.165) is 9.87 Å². The van der Waals surface area contributed by atoms with Crippen LogP contribution in [-0.4, -0.2) is 43.5 Å². The number of nitrogens with one attached hydrogen (secondary N) is 2. The lowest BCUT2D eigenvalue weighted by atomic mass is 10.2. The molecule has 0 saturated carbocycles. The number of rotatable bonds is 11. The van der Waals surface area contributed by atoms with Gasteiger partial charge in [0.15, 0.2) is 11.5 Å². The Labute approximate surface area is 250 Å². The van der Waals surface area contributed by atoms with Crippen LogP contribution in [0.15, 0.2) is 101 Å². The lowest BCUT2D eigenvalue weighted by molar-refractivity contribution is -0.114. The van der Waals surface area contributed by atoms with Crippen LogP contribution in [0.2, 0.25) is 5.02 Å². The second-order valence-corrected chi connectivity index (χ2v) is 13.0. The van der Waals surface area contributed by atoms with Crippen molar-refractivity contribution in [1.29, 1.82) is 0 Å². The summed E-state index contributed by atoms with van der Waals surface area (Å²) in [6, 6.07) is 22.6. The number of para-hydroxylation sites is 1. The fourth-order valence-electron chi connectivity index (χ4n) is 3.93. The van der Waals surface area contributed by atoms with E-state index in [2.05, 4.69) is 10.0 Å². The number of methoxy groups -OCH3 is 2. The van der Waals surface area contributed by atoms with Gasteiger partial charge in [0, 0.05) is 16.8 Å². The van der Waals surface area contributed by atoms with Crippen LogP contribution < -0.4 is 23.8 Å². The van der Waals surface area contributed by atoms with Crippen molar-refractivity contribution < 1.29 is 31.1 Å². The van der Waals surface area contributed by atoms with Gasteiger partial charge in [-0.15, -0.1) is 0 Å². The van der Waals surface area contributed by atoms with E-state index < -0.39 is 32.5 Å². The van der Waals surface area contributed by atoms with E-state index in [1.165, 1.54) is 62.8 Å².